The first-order chi connectivity index (χ1) is 21.7. The molecule has 0 aliphatic carbocycles. The Hall–Kier alpha value is -4.35. The molecule has 0 unspecified atom stereocenters. The predicted octanol–water partition coefficient (Wildman–Crippen LogP) is 4.38. The minimum atomic E-state index is -1.13. The quantitative estimate of drug-likeness (QED) is 0.408. The molecular formula is C34H36F2N4O5. The average molecular weight is 619 g/mol. The predicted molar refractivity (Wildman–Crippen MR) is 163 cm³/mol. The molecule has 3 heterocycles. The molecule has 6 rings (SSSR count). The van der Waals surface area contributed by atoms with Gasteiger partial charge in [-0.2, -0.15) is 0 Å². The van der Waals surface area contributed by atoms with E-state index in [-0.39, 0.29) is 54.2 Å². The van der Waals surface area contributed by atoms with E-state index >= 15 is 0 Å². The van der Waals surface area contributed by atoms with Crippen molar-refractivity contribution in [2.45, 2.75) is 56.5 Å². The SMILES string of the molecule is CN1C(=O)c2cc(NC(=O)c3ccc(F)c(F)c3)ccc2OC[C@H]2O[C@@H](CC(=O)N[C@H]3CCN(Cc4ccccc4)C3)CC[C@H]21. The van der Waals surface area contributed by atoms with Crippen LogP contribution in [-0.4, -0.2) is 78.6 Å². The van der Waals surface area contributed by atoms with Crippen molar-refractivity contribution in [3.63, 3.8) is 0 Å². The molecule has 0 saturated carbocycles. The van der Waals surface area contributed by atoms with E-state index in [1.165, 1.54) is 17.7 Å². The highest BCUT2D eigenvalue weighted by molar-refractivity contribution is 6.05. The van der Waals surface area contributed by atoms with Crippen molar-refractivity contribution in [2.24, 2.45) is 0 Å². The third kappa shape index (κ3) is 7.15. The minimum absolute atomic E-state index is 0.0375. The van der Waals surface area contributed by atoms with Gasteiger partial charge < -0.3 is 25.0 Å². The Labute approximate surface area is 260 Å². The maximum atomic E-state index is 13.6. The maximum absolute atomic E-state index is 13.6. The number of halogens is 2. The first-order valence-corrected chi connectivity index (χ1v) is 15.2. The Bertz CT molecular complexity index is 1570. The van der Waals surface area contributed by atoms with Gasteiger partial charge >= 0.3 is 0 Å². The molecule has 3 aromatic carbocycles. The molecule has 0 aromatic heterocycles. The molecule has 236 valence electrons. The second kappa shape index (κ2) is 13.3. The van der Waals surface area contributed by atoms with E-state index in [1.807, 2.05) is 18.2 Å². The van der Waals surface area contributed by atoms with Gasteiger partial charge in [0.2, 0.25) is 5.91 Å². The molecule has 0 bridgehead atoms. The standard InChI is InChI=1S/C34H36F2N4O5/c1-39-29-11-9-25(17-32(41)37-24-13-14-40(19-24)18-21-5-3-2-4-6-21)45-31(29)20-44-30-12-8-23(16-26(30)34(39)43)38-33(42)22-7-10-27(35)28(36)15-22/h2-8,10,12,15-16,24-25,29,31H,9,11,13-14,17-20H2,1H3,(H,37,41)(H,38,42)/t24-,25+,29+,31+/m0/s1. The molecule has 3 aromatic rings. The Morgan fingerprint density at radius 1 is 0.978 bits per heavy atom. The smallest absolute Gasteiger partial charge is 0.257 e. The molecule has 2 N–H and O–H groups in total. The number of carbonyl (C=O) groups is 3. The third-order valence-corrected chi connectivity index (χ3v) is 8.75. The number of rotatable bonds is 7. The summed E-state index contributed by atoms with van der Waals surface area (Å²) < 4.78 is 39.2. The van der Waals surface area contributed by atoms with Gasteiger partial charge in [-0.15, -0.1) is 0 Å². The molecule has 3 amide bonds. The van der Waals surface area contributed by atoms with E-state index in [9.17, 15) is 23.2 Å². The van der Waals surface area contributed by atoms with Crippen molar-refractivity contribution in [1.82, 2.24) is 15.1 Å². The Kier molecular flexibility index (Phi) is 9.09. The zero-order chi connectivity index (χ0) is 31.5. The molecule has 3 aliphatic rings. The number of benzene rings is 3. The van der Waals surface area contributed by atoms with E-state index in [2.05, 4.69) is 27.7 Å². The summed E-state index contributed by atoms with van der Waals surface area (Å²) in [5, 5.41) is 5.80. The number of fused-ring (bicyclic) bond motifs is 2. The van der Waals surface area contributed by atoms with Gasteiger partial charge in [0, 0.05) is 44.0 Å². The fourth-order valence-electron chi connectivity index (χ4n) is 6.38. The zero-order valence-electron chi connectivity index (χ0n) is 25.0. The summed E-state index contributed by atoms with van der Waals surface area (Å²) in [4.78, 5) is 43.1. The topological polar surface area (TPSA) is 100 Å². The number of hydrogen-bond acceptors (Lipinski definition) is 6. The van der Waals surface area contributed by atoms with Crippen LogP contribution in [0.3, 0.4) is 0 Å². The lowest BCUT2D eigenvalue weighted by Gasteiger charge is -2.42. The van der Waals surface area contributed by atoms with Gasteiger partial charge in [-0.3, -0.25) is 19.3 Å². The van der Waals surface area contributed by atoms with E-state index in [0.717, 1.165) is 38.2 Å². The van der Waals surface area contributed by atoms with Gasteiger partial charge in [-0.05, 0) is 61.2 Å². The largest absolute Gasteiger partial charge is 0.490 e. The molecule has 9 nitrogen and oxygen atoms in total. The maximum Gasteiger partial charge on any atom is 0.257 e. The highest BCUT2D eigenvalue weighted by Crippen LogP contribution is 2.33. The number of carbonyl (C=O) groups excluding carboxylic acids is 3. The number of likely N-dealkylation sites (tertiary alicyclic amines) is 1. The van der Waals surface area contributed by atoms with E-state index in [1.54, 1.807) is 24.1 Å². The van der Waals surface area contributed by atoms with Crippen LogP contribution >= 0.6 is 0 Å². The number of hydrogen-bond donors (Lipinski definition) is 2. The van der Waals surface area contributed by atoms with Crippen LogP contribution in [0.2, 0.25) is 0 Å². The number of anilines is 1. The number of ether oxygens (including phenoxy) is 2. The van der Waals surface area contributed by atoms with Crippen LogP contribution in [-0.2, 0) is 16.1 Å². The summed E-state index contributed by atoms with van der Waals surface area (Å²) >= 11 is 0. The van der Waals surface area contributed by atoms with Gasteiger partial charge in [0.25, 0.3) is 11.8 Å². The van der Waals surface area contributed by atoms with Gasteiger partial charge in [-0.1, -0.05) is 30.3 Å². The summed E-state index contributed by atoms with van der Waals surface area (Å²) in [6.07, 6.45) is 1.71. The molecule has 0 radical (unpaired) electrons. The Morgan fingerprint density at radius 2 is 1.80 bits per heavy atom. The first-order valence-electron chi connectivity index (χ1n) is 15.2. The van der Waals surface area contributed by atoms with Crippen LogP contribution in [0.15, 0.2) is 66.7 Å². The normalized spacial score (nSPS) is 23.3. The lowest BCUT2D eigenvalue weighted by Crippen LogP contribution is -2.54. The zero-order valence-corrected chi connectivity index (χ0v) is 25.0. The molecule has 3 aliphatic heterocycles. The molecule has 4 atom stereocenters. The van der Waals surface area contributed by atoms with Crippen molar-refractivity contribution in [2.75, 3.05) is 32.1 Å². The van der Waals surface area contributed by atoms with E-state index in [4.69, 9.17) is 9.47 Å². The summed E-state index contributed by atoms with van der Waals surface area (Å²) in [6, 6.07) is 17.7. The van der Waals surface area contributed by atoms with Gasteiger partial charge in [-0.25, -0.2) is 8.78 Å². The highest BCUT2D eigenvalue weighted by Gasteiger charge is 2.39. The number of nitrogens with zero attached hydrogens (tertiary/aromatic N) is 2. The van der Waals surface area contributed by atoms with Gasteiger partial charge in [0.1, 0.15) is 18.5 Å². The highest BCUT2D eigenvalue weighted by atomic mass is 19.2. The average Bonchev–Trinajstić information content (AvgIpc) is 3.47. The van der Waals surface area contributed by atoms with E-state index in [0.29, 0.717) is 24.3 Å². The molecule has 45 heavy (non-hydrogen) atoms. The number of likely N-dealkylation sites (N-methyl/N-ethyl adjacent to an activating group) is 1. The summed E-state index contributed by atoms with van der Waals surface area (Å²) in [7, 11) is 1.71. The van der Waals surface area contributed by atoms with Crippen molar-refractivity contribution >= 4 is 23.4 Å². The van der Waals surface area contributed by atoms with Crippen molar-refractivity contribution in [3.8, 4) is 5.75 Å². The molecule has 0 spiro atoms. The number of nitrogens with one attached hydrogen (secondary N) is 2. The molecular weight excluding hydrogens is 582 g/mol. The van der Waals surface area contributed by atoms with Crippen LogP contribution in [0, 0.1) is 11.6 Å². The summed E-state index contributed by atoms with van der Waals surface area (Å²) in [6.45, 7) is 2.80. The van der Waals surface area contributed by atoms with Crippen LogP contribution < -0.4 is 15.4 Å². The third-order valence-electron chi connectivity index (χ3n) is 8.75. The Morgan fingerprint density at radius 3 is 2.60 bits per heavy atom. The van der Waals surface area contributed by atoms with Gasteiger partial charge in [0.05, 0.1) is 24.1 Å². The Balaban J connectivity index is 1.04. The van der Waals surface area contributed by atoms with Crippen molar-refractivity contribution in [1.29, 1.82) is 0 Å². The lowest BCUT2D eigenvalue weighted by atomic mass is 9.94. The van der Waals surface area contributed by atoms with Crippen LogP contribution in [0.5, 0.6) is 5.75 Å². The number of amides is 3. The fourth-order valence-corrected chi connectivity index (χ4v) is 6.38. The molecule has 2 fully saturated rings. The second-order valence-electron chi connectivity index (χ2n) is 11.9. The van der Waals surface area contributed by atoms with Crippen molar-refractivity contribution in [3.05, 3.63) is 95.1 Å². The summed E-state index contributed by atoms with van der Waals surface area (Å²) in [5.74, 6) is -2.82. The van der Waals surface area contributed by atoms with Crippen LogP contribution in [0.1, 0.15) is 52.0 Å². The van der Waals surface area contributed by atoms with Crippen LogP contribution in [0.4, 0.5) is 14.5 Å². The van der Waals surface area contributed by atoms with Crippen molar-refractivity contribution < 1.29 is 32.6 Å². The first kappa shape index (κ1) is 30.7. The second-order valence-corrected chi connectivity index (χ2v) is 11.9. The lowest BCUT2D eigenvalue weighted by molar-refractivity contribution is -0.134. The molecule has 2 saturated heterocycles. The minimum Gasteiger partial charge on any atom is -0.490 e. The fraction of sp³-hybridized carbons (Fsp3) is 0.382. The molecule has 11 heteroatoms. The summed E-state index contributed by atoms with van der Waals surface area (Å²) in [5.41, 5.74) is 1.77. The van der Waals surface area contributed by atoms with Crippen LogP contribution in [0.25, 0.3) is 0 Å². The van der Waals surface area contributed by atoms with E-state index < -0.39 is 23.6 Å². The monoisotopic (exact) mass is 618 g/mol. The van der Waals surface area contributed by atoms with Gasteiger partial charge in [0.15, 0.2) is 11.6 Å².